The number of hydrogen-bond acceptors (Lipinski definition) is 2. The van der Waals surface area contributed by atoms with E-state index in [0.717, 1.165) is 11.1 Å². The standard InChI is InChI=1S/C16H15FO2/c1-11-8-15(17)7-6-14(11)10-19-16-5-3-4-13(9-16)12(2)18/h3-9H,10H2,1-2H3. The van der Waals surface area contributed by atoms with E-state index in [1.807, 2.05) is 6.92 Å². The van der Waals surface area contributed by atoms with Gasteiger partial charge in [-0.1, -0.05) is 18.2 Å². The molecule has 0 aromatic heterocycles. The smallest absolute Gasteiger partial charge is 0.159 e. The van der Waals surface area contributed by atoms with Gasteiger partial charge in [-0.25, -0.2) is 4.39 Å². The van der Waals surface area contributed by atoms with Crippen LogP contribution < -0.4 is 4.74 Å². The molecule has 2 rings (SSSR count). The number of carbonyl (C=O) groups is 1. The van der Waals surface area contributed by atoms with E-state index in [4.69, 9.17) is 4.74 Å². The van der Waals surface area contributed by atoms with Crippen LogP contribution in [0.5, 0.6) is 5.75 Å². The first kappa shape index (κ1) is 13.3. The Morgan fingerprint density at radius 1 is 1.21 bits per heavy atom. The summed E-state index contributed by atoms with van der Waals surface area (Å²) in [4.78, 5) is 11.3. The van der Waals surface area contributed by atoms with E-state index in [9.17, 15) is 9.18 Å². The maximum Gasteiger partial charge on any atom is 0.159 e. The van der Waals surface area contributed by atoms with Crippen LogP contribution in [0, 0.1) is 12.7 Å². The number of carbonyl (C=O) groups excluding carboxylic acids is 1. The van der Waals surface area contributed by atoms with Crippen molar-refractivity contribution in [3.8, 4) is 5.75 Å². The summed E-state index contributed by atoms with van der Waals surface area (Å²) in [6.45, 7) is 3.71. The highest BCUT2D eigenvalue weighted by Gasteiger charge is 2.04. The Bertz CT molecular complexity index is 605. The summed E-state index contributed by atoms with van der Waals surface area (Å²) in [7, 11) is 0. The third-order valence-electron chi connectivity index (χ3n) is 2.94. The number of Topliss-reactive ketones (excluding diaryl/α,β-unsaturated/α-hetero) is 1. The molecule has 0 amide bonds. The molecule has 0 bridgehead atoms. The Balaban J connectivity index is 2.10. The lowest BCUT2D eigenvalue weighted by molar-refractivity contribution is 0.101. The number of halogens is 1. The monoisotopic (exact) mass is 258 g/mol. The van der Waals surface area contributed by atoms with Gasteiger partial charge in [0.25, 0.3) is 0 Å². The molecule has 2 aromatic rings. The third-order valence-corrected chi connectivity index (χ3v) is 2.94. The van der Waals surface area contributed by atoms with Gasteiger partial charge in [0, 0.05) is 5.56 Å². The molecule has 0 aliphatic carbocycles. The van der Waals surface area contributed by atoms with Crippen LogP contribution in [0.15, 0.2) is 42.5 Å². The topological polar surface area (TPSA) is 26.3 Å². The Hall–Kier alpha value is -2.16. The van der Waals surface area contributed by atoms with Gasteiger partial charge in [-0.05, 0) is 49.2 Å². The lowest BCUT2D eigenvalue weighted by Gasteiger charge is -2.09. The second-order valence-electron chi connectivity index (χ2n) is 4.44. The first-order valence-electron chi connectivity index (χ1n) is 6.05. The van der Waals surface area contributed by atoms with Crippen LogP contribution in [0.4, 0.5) is 4.39 Å². The summed E-state index contributed by atoms with van der Waals surface area (Å²) >= 11 is 0. The number of rotatable bonds is 4. The highest BCUT2D eigenvalue weighted by Crippen LogP contribution is 2.17. The summed E-state index contributed by atoms with van der Waals surface area (Å²) in [6.07, 6.45) is 0. The van der Waals surface area contributed by atoms with Crippen LogP contribution in [0.2, 0.25) is 0 Å². The average Bonchev–Trinajstić information content (AvgIpc) is 2.38. The van der Waals surface area contributed by atoms with E-state index >= 15 is 0 Å². The normalized spacial score (nSPS) is 10.3. The van der Waals surface area contributed by atoms with Crippen LogP contribution >= 0.6 is 0 Å². The minimum absolute atomic E-state index is 0.00316. The Morgan fingerprint density at radius 2 is 2.00 bits per heavy atom. The first-order chi connectivity index (χ1) is 9.06. The van der Waals surface area contributed by atoms with E-state index in [0.29, 0.717) is 17.9 Å². The van der Waals surface area contributed by atoms with Crippen molar-refractivity contribution in [3.63, 3.8) is 0 Å². The molecule has 2 aromatic carbocycles. The van der Waals surface area contributed by atoms with Gasteiger partial charge < -0.3 is 4.74 Å². The highest BCUT2D eigenvalue weighted by atomic mass is 19.1. The van der Waals surface area contributed by atoms with Crippen LogP contribution in [-0.4, -0.2) is 5.78 Å². The van der Waals surface area contributed by atoms with Crippen LogP contribution in [0.1, 0.15) is 28.4 Å². The van der Waals surface area contributed by atoms with E-state index in [1.54, 1.807) is 30.3 Å². The molecule has 3 heteroatoms. The third kappa shape index (κ3) is 3.41. The fraction of sp³-hybridized carbons (Fsp3) is 0.188. The van der Waals surface area contributed by atoms with Crippen molar-refractivity contribution in [1.29, 1.82) is 0 Å². The highest BCUT2D eigenvalue weighted by molar-refractivity contribution is 5.94. The molecule has 0 saturated heterocycles. The Kier molecular flexibility index (Phi) is 3.95. The molecule has 0 radical (unpaired) electrons. The van der Waals surface area contributed by atoms with E-state index in [-0.39, 0.29) is 11.6 Å². The van der Waals surface area contributed by atoms with E-state index < -0.39 is 0 Å². The van der Waals surface area contributed by atoms with Crippen molar-refractivity contribution < 1.29 is 13.9 Å². The van der Waals surface area contributed by atoms with Crippen molar-refractivity contribution in [2.75, 3.05) is 0 Å². The zero-order chi connectivity index (χ0) is 13.8. The molecule has 0 saturated carbocycles. The molecule has 0 aliphatic rings. The maximum absolute atomic E-state index is 13.0. The number of hydrogen-bond donors (Lipinski definition) is 0. The van der Waals surface area contributed by atoms with Gasteiger partial charge in [-0.2, -0.15) is 0 Å². The predicted octanol–water partition coefficient (Wildman–Crippen LogP) is 3.92. The van der Waals surface area contributed by atoms with Gasteiger partial charge in [-0.15, -0.1) is 0 Å². The van der Waals surface area contributed by atoms with Crippen molar-refractivity contribution in [2.24, 2.45) is 0 Å². The van der Waals surface area contributed by atoms with E-state index in [2.05, 4.69) is 0 Å². The maximum atomic E-state index is 13.0. The number of benzene rings is 2. The molecule has 2 nitrogen and oxygen atoms in total. The van der Waals surface area contributed by atoms with Gasteiger partial charge in [0.1, 0.15) is 18.2 Å². The van der Waals surface area contributed by atoms with Gasteiger partial charge in [-0.3, -0.25) is 4.79 Å². The van der Waals surface area contributed by atoms with Crippen LogP contribution in [-0.2, 0) is 6.61 Å². The van der Waals surface area contributed by atoms with E-state index in [1.165, 1.54) is 19.1 Å². The Morgan fingerprint density at radius 3 is 2.68 bits per heavy atom. The molecule has 0 N–H and O–H groups in total. The molecule has 0 fully saturated rings. The van der Waals surface area contributed by atoms with Crippen molar-refractivity contribution in [1.82, 2.24) is 0 Å². The molecule has 0 atom stereocenters. The van der Waals surface area contributed by atoms with Crippen molar-refractivity contribution in [2.45, 2.75) is 20.5 Å². The molecule has 0 aliphatic heterocycles. The Labute approximate surface area is 111 Å². The SMILES string of the molecule is CC(=O)c1cccc(OCc2ccc(F)cc2C)c1. The molecule has 0 spiro atoms. The molecular formula is C16H15FO2. The molecule has 0 unspecified atom stereocenters. The van der Waals surface area contributed by atoms with Crippen molar-refractivity contribution >= 4 is 5.78 Å². The van der Waals surface area contributed by atoms with Gasteiger partial charge >= 0.3 is 0 Å². The summed E-state index contributed by atoms with van der Waals surface area (Å²) < 4.78 is 18.6. The molecular weight excluding hydrogens is 243 g/mol. The summed E-state index contributed by atoms with van der Waals surface area (Å²) in [5.74, 6) is 0.389. The quantitative estimate of drug-likeness (QED) is 0.777. The lowest BCUT2D eigenvalue weighted by atomic mass is 10.1. The second-order valence-corrected chi connectivity index (χ2v) is 4.44. The van der Waals surface area contributed by atoms with Gasteiger partial charge in [0.2, 0.25) is 0 Å². The molecule has 0 heterocycles. The van der Waals surface area contributed by atoms with Gasteiger partial charge in [0.05, 0.1) is 0 Å². The number of aryl methyl sites for hydroxylation is 1. The summed E-state index contributed by atoms with van der Waals surface area (Å²) in [5.41, 5.74) is 2.39. The fourth-order valence-corrected chi connectivity index (χ4v) is 1.79. The van der Waals surface area contributed by atoms with Gasteiger partial charge in [0.15, 0.2) is 5.78 Å². The number of ether oxygens (including phenoxy) is 1. The fourth-order valence-electron chi connectivity index (χ4n) is 1.79. The van der Waals surface area contributed by atoms with Crippen LogP contribution in [0.25, 0.3) is 0 Å². The van der Waals surface area contributed by atoms with Crippen LogP contribution in [0.3, 0.4) is 0 Å². The number of ketones is 1. The molecule has 98 valence electrons. The minimum Gasteiger partial charge on any atom is -0.489 e. The minimum atomic E-state index is -0.250. The lowest BCUT2D eigenvalue weighted by Crippen LogP contribution is -1.99. The second kappa shape index (κ2) is 5.65. The average molecular weight is 258 g/mol. The predicted molar refractivity (Wildman–Crippen MR) is 71.9 cm³/mol. The molecule has 19 heavy (non-hydrogen) atoms. The van der Waals surface area contributed by atoms with Crippen molar-refractivity contribution in [3.05, 3.63) is 65.0 Å². The zero-order valence-electron chi connectivity index (χ0n) is 10.9. The largest absolute Gasteiger partial charge is 0.489 e. The summed E-state index contributed by atoms with van der Waals surface area (Å²) in [5, 5.41) is 0. The summed E-state index contributed by atoms with van der Waals surface area (Å²) in [6, 6.07) is 11.6. The zero-order valence-corrected chi connectivity index (χ0v) is 10.9. The first-order valence-corrected chi connectivity index (χ1v) is 6.05.